The summed E-state index contributed by atoms with van der Waals surface area (Å²) in [6.07, 6.45) is -3.32. The predicted molar refractivity (Wildman–Crippen MR) is 133 cm³/mol. The molecule has 0 bridgehead atoms. The number of nitrogens with zero attached hydrogens (tertiary/aromatic N) is 3. The van der Waals surface area contributed by atoms with Gasteiger partial charge >= 0.3 is 6.18 Å². The normalized spacial score (nSPS) is 15.5. The lowest BCUT2D eigenvalue weighted by atomic mass is 10.0. The van der Waals surface area contributed by atoms with Crippen molar-refractivity contribution in [3.63, 3.8) is 0 Å². The molecule has 0 spiro atoms. The maximum Gasteiger partial charge on any atom is 0.416 e. The Morgan fingerprint density at radius 3 is 2.24 bits per heavy atom. The summed E-state index contributed by atoms with van der Waals surface area (Å²) in [6, 6.07) is 19.0. The van der Waals surface area contributed by atoms with Gasteiger partial charge in [-0.3, -0.25) is 5.10 Å². The summed E-state index contributed by atoms with van der Waals surface area (Å²) >= 11 is 0. The number of aromatic amines is 1. The van der Waals surface area contributed by atoms with Gasteiger partial charge in [-0.1, -0.05) is 18.2 Å². The lowest BCUT2D eigenvalue weighted by Gasteiger charge is -2.32. The summed E-state index contributed by atoms with van der Waals surface area (Å²) in [5.41, 5.74) is 2.55. The first kappa shape index (κ1) is 24.8. The fraction of sp³-hybridized carbons (Fsp3) is 0.231. The molecule has 1 fully saturated rings. The molecule has 0 aliphatic carbocycles. The quantitative estimate of drug-likeness (QED) is 0.364. The van der Waals surface area contributed by atoms with E-state index in [4.69, 9.17) is 0 Å². The van der Waals surface area contributed by atoms with Crippen LogP contribution < -0.4 is 5.32 Å². The molecule has 1 saturated heterocycles. The number of fused-ring (bicyclic) bond motifs is 1. The van der Waals surface area contributed by atoms with Crippen molar-refractivity contribution < 1.29 is 21.6 Å². The van der Waals surface area contributed by atoms with Crippen LogP contribution in [0.4, 0.5) is 18.9 Å². The second-order valence-corrected chi connectivity index (χ2v) is 10.8. The van der Waals surface area contributed by atoms with Gasteiger partial charge < -0.3 is 5.32 Å². The molecule has 5 rings (SSSR count). The maximum atomic E-state index is 13.2. The van der Waals surface area contributed by atoms with Crippen molar-refractivity contribution in [3.05, 3.63) is 78.0 Å². The molecule has 37 heavy (non-hydrogen) atoms. The van der Waals surface area contributed by atoms with Crippen molar-refractivity contribution in [1.29, 1.82) is 5.26 Å². The summed E-state index contributed by atoms with van der Waals surface area (Å²) in [7, 11) is -3.69. The number of aromatic nitrogens is 2. The number of hydrogen-bond donors (Lipinski definition) is 2. The first-order valence-electron chi connectivity index (χ1n) is 11.6. The van der Waals surface area contributed by atoms with Crippen LogP contribution in [0.2, 0.25) is 0 Å². The lowest BCUT2D eigenvalue weighted by molar-refractivity contribution is -0.137. The smallest absolute Gasteiger partial charge is 0.382 e. The summed E-state index contributed by atoms with van der Waals surface area (Å²) in [6.45, 7) is 0.604. The van der Waals surface area contributed by atoms with Crippen molar-refractivity contribution in [1.82, 2.24) is 14.5 Å². The molecule has 1 aliphatic heterocycles. The SMILES string of the molecule is N#Cc1n[nH]c2ccc(-c3ccc(S(=O)(=O)N4CCC(Nc5ccc(C(F)(F)F)cc5)CC4)cc3)cc12. The number of anilines is 1. The Bertz CT molecular complexity index is 1570. The Morgan fingerprint density at radius 2 is 1.62 bits per heavy atom. The fourth-order valence-corrected chi connectivity index (χ4v) is 5.95. The molecule has 1 aliphatic rings. The molecule has 0 saturated carbocycles. The lowest BCUT2D eigenvalue weighted by Crippen LogP contribution is -2.42. The summed E-state index contributed by atoms with van der Waals surface area (Å²) in [5, 5.41) is 19.9. The molecule has 0 unspecified atom stereocenters. The molecule has 0 amide bonds. The second-order valence-electron chi connectivity index (χ2n) is 8.87. The van der Waals surface area contributed by atoms with Crippen LogP contribution in [0.1, 0.15) is 24.1 Å². The standard InChI is InChI=1S/C26H22F3N5O2S/c27-26(28,29)19-4-6-20(7-5-19)31-21-11-13-34(14-12-21)37(35,36)22-8-1-17(2-9-22)18-3-10-24-23(15-18)25(16-30)33-32-24/h1-10,15,21,31H,11-14H2,(H,32,33). The van der Waals surface area contributed by atoms with Crippen LogP contribution in [0.3, 0.4) is 0 Å². The summed E-state index contributed by atoms with van der Waals surface area (Å²) in [4.78, 5) is 0.188. The number of H-pyrrole nitrogens is 1. The highest BCUT2D eigenvalue weighted by Crippen LogP contribution is 2.31. The van der Waals surface area contributed by atoms with E-state index < -0.39 is 21.8 Å². The van der Waals surface area contributed by atoms with Crippen LogP contribution in [-0.4, -0.2) is 42.1 Å². The van der Waals surface area contributed by atoms with E-state index in [0.717, 1.165) is 28.8 Å². The van der Waals surface area contributed by atoms with Gasteiger partial charge in [-0.2, -0.15) is 27.8 Å². The first-order chi connectivity index (χ1) is 17.6. The Balaban J connectivity index is 1.24. The van der Waals surface area contributed by atoms with Crippen molar-refractivity contribution in [2.75, 3.05) is 18.4 Å². The van der Waals surface area contributed by atoms with Crippen LogP contribution in [0.15, 0.2) is 71.6 Å². The average Bonchev–Trinajstić information content (AvgIpc) is 3.31. The Hall–Kier alpha value is -3.88. The zero-order valence-corrected chi connectivity index (χ0v) is 20.3. The molecule has 190 valence electrons. The van der Waals surface area contributed by atoms with E-state index in [1.807, 2.05) is 24.3 Å². The van der Waals surface area contributed by atoms with E-state index in [-0.39, 0.29) is 10.9 Å². The van der Waals surface area contributed by atoms with Crippen molar-refractivity contribution in [2.45, 2.75) is 30.0 Å². The zero-order chi connectivity index (χ0) is 26.2. The third-order valence-electron chi connectivity index (χ3n) is 6.53. The van der Waals surface area contributed by atoms with Gasteiger partial charge in [0.25, 0.3) is 0 Å². The maximum absolute atomic E-state index is 13.2. The van der Waals surface area contributed by atoms with Gasteiger partial charge in [-0.15, -0.1) is 0 Å². The van der Waals surface area contributed by atoms with E-state index in [9.17, 15) is 26.9 Å². The largest absolute Gasteiger partial charge is 0.416 e. The first-order valence-corrected chi connectivity index (χ1v) is 13.0. The highest BCUT2D eigenvalue weighted by atomic mass is 32.2. The molecule has 2 N–H and O–H groups in total. The van der Waals surface area contributed by atoms with E-state index in [0.29, 0.717) is 42.7 Å². The fourth-order valence-electron chi connectivity index (χ4n) is 4.48. The van der Waals surface area contributed by atoms with Crippen molar-refractivity contribution in [3.8, 4) is 17.2 Å². The Labute approximate surface area is 211 Å². The number of piperidine rings is 1. The number of hydrogen-bond acceptors (Lipinski definition) is 5. The Morgan fingerprint density at radius 1 is 0.973 bits per heavy atom. The number of benzene rings is 3. The van der Waals surface area contributed by atoms with Crippen LogP contribution in [-0.2, 0) is 16.2 Å². The number of nitrogens with one attached hydrogen (secondary N) is 2. The van der Waals surface area contributed by atoms with Crippen LogP contribution >= 0.6 is 0 Å². The average molecular weight is 526 g/mol. The van der Waals surface area contributed by atoms with Gasteiger partial charge in [0, 0.05) is 30.2 Å². The predicted octanol–water partition coefficient (Wildman–Crippen LogP) is 5.39. The third-order valence-corrected chi connectivity index (χ3v) is 8.44. The van der Waals surface area contributed by atoms with Gasteiger partial charge in [0.05, 0.1) is 16.0 Å². The highest BCUT2D eigenvalue weighted by molar-refractivity contribution is 7.89. The number of rotatable bonds is 5. The van der Waals surface area contributed by atoms with Crippen LogP contribution in [0.5, 0.6) is 0 Å². The van der Waals surface area contributed by atoms with Gasteiger partial charge in [0.2, 0.25) is 10.0 Å². The molecule has 2 heterocycles. The van der Waals surface area contributed by atoms with E-state index in [1.54, 1.807) is 24.3 Å². The summed E-state index contributed by atoms with van der Waals surface area (Å²) < 4.78 is 66.1. The van der Waals surface area contributed by atoms with Crippen LogP contribution in [0.25, 0.3) is 22.0 Å². The topological polar surface area (TPSA) is 102 Å². The molecule has 1 aromatic heterocycles. The van der Waals surface area contributed by atoms with Gasteiger partial charge in [-0.25, -0.2) is 8.42 Å². The third kappa shape index (κ3) is 5.03. The van der Waals surface area contributed by atoms with Gasteiger partial charge in [-0.05, 0) is 72.5 Å². The summed E-state index contributed by atoms with van der Waals surface area (Å²) in [5.74, 6) is 0. The number of nitriles is 1. The molecule has 11 heteroatoms. The molecular weight excluding hydrogens is 503 g/mol. The highest BCUT2D eigenvalue weighted by Gasteiger charge is 2.31. The number of sulfonamides is 1. The van der Waals surface area contributed by atoms with E-state index in [1.165, 1.54) is 16.4 Å². The van der Waals surface area contributed by atoms with Crippen molar-refractivity contribution >= 4 is 26.6 Å². The minimum absolute atomic E-state index is 0.0401. The van der Waals surface area contributed by atoms with E-state index >= 15 is 0 Å². The molecule has 4 aromatic rings. The molecule has 3 aromatic carbocycles. The molecule has 0 radical (unpaired) electrons. The van der Waals surface area contributed by atoms with Gasteiger partial charge in [0.1, 0.15) is 6.07 Å². The minimum Gasteiger partial charge on any atom is -0.382 e. The zero-order valence-electron chi connectivity index (χ0n) is 19.5. The Kier molecular flexibility index (Phi) is 6.39. The monoisotopic (exact) mass is 525 g/mol. The van der Waals surface area contributed by atoms with E-state index in [2.05, 4.69) is 15.5 Å². The number of alkyl halides is 3. The molecular formula is C26H22F3N5O2S. The molecule has 7 nitrogen and oxygen atoms in total. The van der Waals surface area contributed by atoms with Gasteiger partial charge in [0.15, 0.2) is 5.69 Å². The van der Waals surface area contributed by atoms with Crippen molar-refractivity contribution in [2.24, 2.45) is 0 Å². The number of halogens is 3. The molecule has 0 atom stereocenters. The second kappa shape index (κ2) is 9.53. The minimum atomic E-state index is -4.38. The van der Waals surface area contributed by atoms with Crippen LogP contribution in [0, 0.1) is 11.3 Å².